The predicted octanol–water partition coefficient (Wildman–Crippen LogP) is 2.29. The van der Waals surface area contributed by atoms with Gasteiger partial charge in [-0.05, 0) is 55.9 Å². The summed E-state index contributed by atoms with van der Waals surface area (Å²) in [5, 5.41) is 19.3. The minimum atomic E-state index is -0.939. The zero-order valence-corrected chi connectivity index (χ0v) is 10.4. The van der Waals surface area contributed by atoms with Crippen LogP contribution in [0.5, 0.6) is 0 Å². The fourth-order valence-electron chi connectivity index (χ4n) is 2.61. The van der Waals surface area contributed by atoms with Gasteiger partial charge in [-0.25, -0.2) is 0 Å². The average Bonchev–Trinajstić information content (AvgIpc) is 2.18. The summed E-state index contributed by atoms with van der Waals surface area (Å²) in [7, 11) is 0. The van der Waals surface area contributed by atoms with Gasteiger partial charge in [0.05, 0.1) is 11.5 Å². The van der Waals surface area contributed by atoms with Gasteiger partial charge in [0.25, 0.3) is 0 Å². The van der Waals surface area contributed by atoms with Gasteiger partial charge in [0.15, 0.2) is 0 Å². The van der Waals surface area contributed by atoms with Crippen LogP contribution < -0.4 is 0 Å². The van der Waals surface area contributed by atoms with Crippen molar-refractivity contribution in [1.82, 2.24) is 0 Å². The lowest BCUT2D eigenvalue weighted by Crippen LogP contribution is -2.45. The molecule has 1 saturated carbocycles. The molecule has 1 aliphatic carbocycles. The molecule has 3 nitrogen and oxygen atoms in total. The molecule has 92 valence electrons. The quantitative estimate of drug-likeness (QED) is 0.825. The van der Waals surface area contributed by atoms with Gasteiger partial charge in [-0.2, -0.15) is 0 Å². The van der Waals surface area contributed by atoms with E-state index in [0.717, 1.165) is 16.7 Å². The highest BCUT2D eigenvalue weighted by atomic mass is 16.4. The van der Waals surface area contributed by atoms with Crippen LogP contribution in [0.2, 0.25) is 0 Å². The number of benzene rings is 1. The van der Waals surface area contributed by atoms with Crippen LogP contribution in [0, 0.1) is 26.7 Å². The maximum absolute atomic E-state index is 10.8. The third-order valence-electron chi connectivity index (χ3n) is 3.86. The Kier molecular flexibility index (Phi) is 2.74. The third kappa shape index (κ3) is 1.95. The molecule has 0 spiro atoms. The first-order valence-electron chi connectivity index (χ1n) is 5.87. The predicted molar refractivity (Wildman–Crippen MR) is 64.9 cm³/mol. The van der Waals surface area contributed by atoms with Crippen molar-refractivity contribution in [3.05, 3.63) is 34.4 Å². The first-order chi connectivity index (χ1) is 7.83. The van der Waals surface area contributed by atoms with Crippen molar-refractivity contribution in [2.45, 2.75) is 39.2 Å². The Morgan fingerprint density at radius 1 is 1.18 bits per heavy atom. The molecule has 1 aromatic rings. The van der Waals surface area contributed by atoms with Crippen LogP contribution in [0.4, 0.5) is 0 Å². The number of aryl methyl sites for hydroxylation is 3. The molecule has 0 bridgehead atoms. The zero-order valence-electron chi connectivity index (χ0n) is 10.4. The summed E-state index contributed by atoms with van der Waals surface area (Å²) in [6.07, 6.45) is 0.650. The molecule has 2 N–H and O–H groups in total. The second-order valence-electron chi connectivity index (χ2n) is 5.23. The number of hydrogen-bond acceptors (Lipinski definition) is 2. The smallest absolute Gasteiger partial charge is 0.306 e. The number of rotatable bonds is 2. The molecule has 1 aliphatic rings. The van der Waals surface area contributed by atoms with Crippen LogP contribution >= 0.6 is 0 Å². The van der Waals surface area contributed by atoms with Gasteiger partial charge in [-0.1, -0.05) is 12.1 Å². The molecule has 0 atom stereocenters. The second-order valence-corrected chi connectivity index (χ2v) is 5.23. The topological polar surface area (TPSA) is 57.5 Å². The summed E-state index contributed by atoms with van der Waals surface area (Å²) in [6.45, 7) is 6.01. The van der Waals surface area contributed by atoms with E-state index in [-0.39, 0.29) is 0 Å². The number of aliphatic carboxylic acids is 1. The highest BCUT2D eigenvalue weighted by Crippen LogP contribution is 2.47. The molecule has 0 aliphatic heterocycles. The molecule has 0 aromatic heterocycles. The Balaban J connectivity index is 2.30. The van der Waals surface area contributed by atoms with Crippen molar-refractivity contribution in [3.8, 4) is 0 Å². The molecule has 0 unspecified atom stereocenters. The first kappa shape index (κ1) is 12.1. The molecule has 0 heterocycles. The minimum absolute atomic E-state index is 0.325. The van der Waals surface area contributed by atoms with E-state index in [4.69, 9.17) is 5.11 Å². The van der Waals surface area contributed by atoms with Crippen molar-refractivity contribution in [2.24, 2.45) is 5.92 Å². The SMILES string of the molecule is Cc1cc(C)c(C2(O)CC(C(=O)O)C2)cc1C. The monoisotopic (exact) mass is 234 g/mol. The maximum atomic E-state index is 10.8. The number of carboxylic acid groups (broad SMARTS) is 1. The molecule has 1 aromatic carbocycles. The van der Waals surface area contributed by atoms with Crippen LogP contribution in [-0.2, 0) is 10.4 Å². The fourth-order valence-corrected chi connectivity index (χ4v) is 2.61. The Morgan fingerprint density at radius 3 is 2.24 bits per heavy atom. The van der Waals surface area contributed by atoms with Gasteiger partial charge in [-0.15, -0.1) is 0 Å². The summed E-state index contributed by atoms with van der Waals surface area (Å²) in [5.74, 6) is -1.21. The van der Waals surface area contributed by atoms with Crippen LogP contribution in [0.3, 0.4) is 0 Å². The molecule has 2 rings (SSSR count). The number of hydrogen-bond donors (Lipinski definition) is 2. The number of carboxylic acids is 1. The molecule has 1 fully saturated rings. The lowest BCUT2D eigenvalue weighted by atomic mass is 9.66. The fraction of sp³-hybridized carbons (Fsp3) is 0.500. The molecular formula is C14H18O3. The highest BCUT2D eigenvalue weighted by molar-refractivity contribution is 5.72. The summed E-state index contributed by atoms with van der Waals surface area (Å²) >= 11 is 0. The van der Waals surface area contributed by atoms with Gasteiger partial charge in [0.2, 0.25) is 0 Å². The normalized spacial score (nSPS) is 27.6. The van der Waals surface area contributed by atoms with E-state index in [1.807, 2.05) is 26.8 Å². The van der Waals surface area contributed by atoms with E-state index < -0.39 is 17.5 Å². The summed E-state index contributed by atoms with van der Waals surface area (Å²) in [5.41, 5.74) is 3.32. The molecule has 3 heteroatoms. The lowest BCUT2D eigenvalue weighted by Gasteiger charge is -2.43. The molecular weight excluding hydrogens is 216 g/mol. The van der Waals surface area contributed by atoms with E-state index in [0.29, 0.717) is 12.8 Å². The van der Waals surface area contributed by atoms with Crippen molar-refractivity contribution in [3.63, 3.8) is 0 Å². The average molecular weight is 234 g/mol. The first-order valence-corrected chi connectivity index (χ1v) is 5.87. The Morgan fingerprint density at radius 2 is 1.71 bits per heavy atom. The highest BCUT2D eigenvalue weighted by Gasteiger charge is 2.48. The minimum Gasteiger partial charge on any atom is -0.481 e. The van der Waals surface area contributed by atoms with Gasteiger partial charge >= 0.3 is 5.97 Å². The zero-order chi connectivity index (χ0) is 12.8. The van der Waals surface area contributed by atoms with E-state index in [1.54, 1.807) is 0 Å². The van der Waals surface area contributed by atoms with Crippen molar-refractivity contribution in [1.29, 1.82) is 0 Å². The Hall–Kier alpha value is -1.35. The standard InChI is InChI=1S/C14H18O3/c1-8-4-10(3)12(5-9(8)2)14(17)6-11(7-14)13(15)16/h4-5,11,17H,6-7H2,1-3H3,(H,15,16). The number of carbonyl (C=O) groups is 1. The molecule has 0 radical (unpaired) electrons. The van der Waals surface area contributed by atoms with Gasteiger partial charge in [-0.3, -0.25) is 4.79 Å². The van der Waals surface area contributed by atoms with Crippen molar-refractivity contribution >= 4 is 5.97 Å². The van der Waals surface area contributed by atoms with E-state index in [2.05, 4.69) is 6.07 Å². The third-order valence-corrected chi connectivity index (χ3v) is 3.86. The summed E-state index contributed by atoms with van der Waals surface area (Å²) < 4.78 is 0. The Bertz CT molecular complexity index is 471. The summed E-state index contributed by atoms with van der Waals surface area (Å²) in [4.78, 5) is 10.8. The van der Waals surface area contributed by atoms with Gasteiger partial charge in [0.1, 0.15) is 0 Å². The van der Waals surface area contributed by atoms with Crippen LogP contribution in [0.1, 0.15) is 35.1 Å². The maximum Gasteiger partial charge on any atom is 0.306 e. The van der Waals surface area contributed by atoms with Crippen LogP contribution in [-0.4, -0.2) is 16.2 Å². The van der Waals surface area contributed by atoms with Gasteiger partial charge in [0, 0.05) is 0 Å². The number of aliphatic hydroxyl groups is 1. The second kappa shape index (κ2) is 3.84. The van der Waals surface area contributed by atoms with Crippen molar-refractivity contribution in [2.75, 3.05) is 0 Å². The van der Waals surface area contributed by atoms with Crippen LogP contribution in [0.25, 0.3) is 0 Å². The molecule has 0 amide bonds. The van der Waals surface area contributed by atoms with E-state index in [1.165, 1.54) is 5.56 Å². The van der Waals surface area contributed by atoms with Crippen LogP contribution in [0.15, 0.2) is 12.1 Å². The largest absolute Gasteiger partial charge is 0.481 e. The molecule has 17 heavy (non-hydrogen) atoms. The van der Waals surface area contributed by atoms with Crippen molar-refractivity contribution < 1.29 is 15.0 Å². The lowest BCUT2D eigenvalue weighted by molar-refractivity contribution is -0.159. The summed E-state index contributed by atoms with van der Waals surface area (Å²) in [6, 6.07) is 4.04. The van der Waals surface area contributed by atoms with E-state index in [9.17, 15) is 9.90 Å². The van der Waals surface area contributed by atoms with E-state index >= 15 is 0 Å². The van der Waals surface area contributed by atoms with Gasteiger partial charge < -0.3 is 10.2 Å². The molecule has 0 saturated heterocycles. The Labute approximate surface area is 101 Å².